The van der Waals surface area contributed by atoms with E-state index in [0.717, 1.165) is 29.7 Å². The van der Waals surface area contributed by atoms with Gasteiger partial charge in [-0.05, 0) is 55.5 Å². The second-order valence-corrected chi connectivity index (χ2v) is 6.63. The van der Waals surface area contributed by atoms with Crippen LogP contribution in [0.2, 0.25) is 5.02 Å². The molecular formula is C18H28ClNO. The van der Waals surface area contributed by atoms with Crippen molar-refractivity contribution in [1.82, 2.24) is 5.32 Å². The molecule has 1 saturated carbocycles. The molecule has 0 bridgehead atoms. The molecule has 21 heavy (non-hydrogen) atoms. The maximum absolute atomic E-state index is 6.16. The van der Waals surface area contributed by atoms with Gasteiger partial charge in [0.2, 0.25) is 0 Å². The van der Waals surface area contributed by atoms with Crippen LogP contribution in [0, 0.1) is 5.92 Å². The molecule has 1 fully saturated rings. The maximum Gasteiger partial charge on any atom is 0.122 e. The third-order valence-corrected chi connectivity index (χ3v) is 4.72. The predicted octanol–water partition coefficient (Wildman–Crippen LogP) is 4.84. The Balaban J connectivity index is 2.03. The molecule has 0 amide bonds. The van der Waals surface area contributed by atoms with Crippen LogP contribution < -0.4 is 10.1 Å². The quantitative estimate of drug-likeness (QED) is 0.742. The summed E-state index contributed by atoms with van der Waals surface area (Å²) in [6.07, 6.45) is 9.06. The minimum absolute atomic E-state index is 0.528. The van der Waals surface area contributed by atoms with E-state index in [1.807, 2.05) is 12.1 Å². The van der Waals surface area contributed by atoms with Crippen molar-refractivity contribution in [3.63, 3.8) is 0 Å². The molecule has 1 aliphatic rings. The van der Waals surface area contributed by atoms with E-state index in [4.69, 9.17) is 16.3 Å². The first-order valence-electron chi connectivity index (χ1n) is 8.28. The van der Waals surface area contributed by atoms with Gasteiger partial charge in [-0.2, -0.15) is 0 Å². The number of rotatable bonds is 8. The number of benzene rings is 1. The molecular weight excluding hydrogens is 282 g/mol. The summed E-state index contributed by atoms with van der Waals surface area (Å²) in [6, 6.07) is 6.45. The van der Waals surface area contributed by atoms with Crippen LogP contribution in [-0.4, -0.2) is 19.7 Å². The van der Waals surface area contributed by atoms with Crippen LogP contribution in [0.25, 0.3) is 0 Å². The lowest BCUT2D eigenvalue weighted by molar-refractivity contribution is 0.373. The van der Waals surface area contributed by atoms with Crippen molar-refractivity contribution in [2.75, 3.05) is 13.7 Å². The molecule has 2 rings (SSSR count). The molecule has 1 N–H and O–H groups in total. The predicted molar refractivity (Wildman–Crippen MR) is 90.4 cm³/mol. The fourth-order valence-corrected chi connectivity index (χ4v) is 3.60. The summed E-state index contributed by atoms with van der Waals surface area (Å²) in [6.45, 7) is 3.31. The monoisotopic (exact) mass is 309 g/mol. The van der Waals surface area contributed by atoms with Gasteiger partial charge in [0.05, 0.1) is 7.11 Å². The molecule has 2 nitrogen and oxygen atoms in total. The van der Waals surface area contributed by atoms with Gasteiger partial charge in [0.15, 0.2) is 0 Å². The van der Waals surface area contributed by atoms with Crippen molar-refractivity contribution < 1.29 is 4.74 Å². The minimum atomic E-state index is 0.528. The van der Waals surface area contributed by atoms with Crippen LogP contribution in [0.5, 0.6) is 5.75 Å². The highest BCUT2D eigenvalue weighted by Gasteiger charge is 2.21. The second-order valence-electron chi connectivity index (χ2n) is 6.20. The molecule has 0 saturated heterocycles. The molecule has 118 valence electrons. The molecule has 1 aromatic carbocycles. The number of halogens is 1. The summed E-state index contributed by atoms with van der Waals surface area (Å²) in [5.74, 6) is 1.85. The summed E-state index contributed by atoms with van der Waals surface area (Å²) in [5.41, 5.74) is 1.22. The van der Waals surface area contributed by atoms with Crippen molar-refractivity contribution in [2.24, 2.45) is 5.92 Å². The van der Waals surface area contributed by atoms with Gasteiger partial charge in [-0.1, -0.05) is 44.2 Å². The molecule has 0 aromatic heterocycles. The SMILES string of the molecule is CCCNC(Cc1cc(Cl)ccc1OC)CC1CCCC1. The summed E-state index contributed by atoms with van der Waals surface area (Å²) < 4.78 is 5.49. The summed E-state index contributed by atoms with van der Waals surface area (Å²) in [5, 5.41) is 4.51. The Kier molecular flexibility index (Phi) is 6.85. The zero-order chi connectivity index (χ0) is 15.1. The lowest BCUT2D eigenvalue weighted by Crippen LogP contribution is -2.33. The molecule has 0 heterocycles. The highest BCUT2D eigenvalue weighted by molar-refractivity contribution is 6.30. The first-order valence-corrected chi connectivity index (χ1v) is 8.66. The van der Waals surface area contributed by atoms with E-state index >= 15 is 0 Å². The number of nitrogens with one attached hydrogen (secondary N) is 1. The smallest absolute Gasteiger partial charge is 0.122 e. The number of methoxy groups -OCH3 is 1. The Morgan fingerprint density at radius 1 is 1.33 bits per heavy atom. The van der Waals surface area contributed by atoms with Crippen molar-refractivity contribution in [2.45, 2.75) is 57.9 Å². The van der Waals surface area contributed by atoms with E-state index in [1.54, 1.807) is 7.11 Å². The fraction of sp³-hybridized carbons (Fsp3) is 0.667. The molecule has 1 atom stereocenters. The van der Waals surface area contributed by atoms with Crippen molar-refractivity contribution in [3.05, 3.63) is 28.8 Å². The number of hydrogen-bond donors (Lipinski definition) is 1. The normalized spacial score (nSPS) is 17.1. The van der Waals surface area contributed by atoms with Crippen LogP contribution in [-0.2, 0) is 6.42 Å². The molecule has 1 aromatic rings. The van der Waals surface area contributed by atoms with Crippen LogP contribution in [0.3, 0.4) is 0 Å². The lowest BCUT2D eigenvalue weighted by atomic mass is 9.93. The molecule has 3 heteroatoms. The van der Waals surface area contributed by atoms with E-state index in [-0.39, 0.29) is 0 Å². The average molecular weight is 310 g/mol. The van der Waals surface area contributed by atoms with Gasteiger partial charge in [-0.3, -0.25) is 0 Å². The van der Waals surface area contributed by atoms with Crippen molar-refractivity contribution >= 4 is 11.6 Å². The van der Waals surface area contributed by atoms with E-state index in [9.17, 15) is 0 Å². The van der Waals surface area contributed by atoms with E-state index in [1.165, 1.54) is 44.1 Å². The van der Waals surface area contributed by atoms with Crippen LogP contribution in [0.1, 0.15) is 51.0 Å². The maximum atomic E-state index is 6.16. The Morgan fingerprint density at radius 3 is 2.76 bits per heavy atom. The van der Waals surface area contributed by atoms with Gasteiger partial charge >= 0.3 is 0 Å². The Labute approximate surface area is 134 Å². The molecule has 1 aliphatic carbocycles. The Hall–Kier alpha value is -0.730. The zero-order valence-electron chi connectivity index (χ0n) is 13.3. The first-order chi connectivity index (χ1) is 10.2. The fourth-order valence-electron chi connectivity index (χ4n) is 3.41. The highest BCUT2D eigenvalue weighted by atomic mass is 35.5. The first kappa shape index (κ1) is 16.6. The standard InChI is InChI=1S/C18H28ClNO/c1-3-10-20-17(11-14-6-4-5-7-14)13-15-12-16(19)8-9-18(15)21-2/h8-9,12,14,17,20H,3-7,10-11,13H2,1-2H3. The van der Waals surface area contributed by atoms with Gasteiger partial charge in [0.25, 0.3) is 0 Å². The van der Waals surface area contributed by atoms with Gasteiger partial charge < -0.3 is 10.1 Å². The highest BCUT2D eigenvalue weighted by Crippen LogP contribution is 2.31. The van der Waals surface area contributed by atoms with E-state index < -0.39 is 0 Å². The van der Waals surface area contributed by atoms with Gasteiger partial charge in [0, 0.05) is 11.1 Å². The van der Waals surface area contributed by atoms with Crippen LogP contribution >= 0.6 is 11.6 Å². The second kappa shape index (κ2) is 8.65. The number of hydrogen-bond acceptors (Lipinski definition) is 2. The molecule has 0 aliphatic heterocycles. The molecule has 1 unspecified atom stereocenters. The van der Waals surface area contributed by atoms with Gasteiger partial charge in [-0.15, -0.1) is 0 Å². The molecule has 0 radical (unpaired) electrons. The summed E-state index contributed by atoms with van der Waals surface area (Å²) >= 11 is 6.16. The Morgan fingerprint density at radius 2 is 2.10 bits per heavy atom. The summed E-state index contributed by atoms with van der Waals surface area (Å²) in [4.78, 5) is 0. The van der Waals surface area contributed by atoms with Crippen molar-refractivity contribution in [3.8, 4) is 5.75 Å². The Bertz CT molecular complexity index is 429. The number of ether oxygens (including phenoxy) is 1. The molecule has 0 spiro atoms. The largest absolute Gasteiger partial charge is 0.496 e. The third-order valence-electron chi connectivity index (χ3n) is 4.48. The van der Waals surface area contributed by atoms with Gasteiger partial charge in [-0.25, -0.2) is 0 Å². The van der Waals surface area contributed by atoms with E-state index in [2.05, 4.69) is 18.3 Å². The van der Waals surface area contributed by atoms with Crippen molar-refractivity contribution in [1.29, 1.82) is 0 Å². The van der Waals surface area contributed by atoms with Crippen LogP contribution in [0.15, 0.2) is 18.2 Å². The third kappa shape index (κ3) is 5.19. The lowest BCUT2D eigenvalue weighted by Gasteiger charge is -2.23. The topological polar surface area (TPSA) is 21.3 Å². The van der Waals surface area contributed by atoms with Gasteiger partial charge in [0.1, 0.15) is 5.75 Å². The zero-order valence-corrected chi connectivity index (χ0v) is 14.1. The van der Waals surface area contributed by atoms with Crippen LogP contribution in [0.4, 0.5) is 0 Å². The average Bonchev–Trinajstić information content (AvgIpc) is 2.98. The minimum Gasteiger partial charge on any atom is -0.496 e. The summed E-state index contributed by atoms with van der Waals surface area (Å²) in [7, 11) is 1.73. The van der Waals surface area contributed by atoms with E-state index in [0.29, 0.717) is 6.04 Å².